The Labute approximate surface area is 202 Å². The highest BCUT2D eigenvalue weighted by molar-refractivity contribution is 7.92. The van der Waals surface area contributed by atoms with Gasteiger partial charge in [0.1, 0.15) is 0 Å². The molecule has 4 aromatic rings. The maximum absolute atomic E-state index is 13.3. The number of nitrogens with zero attached hydrogens (tertiary/aromatic N) is 2. The van der Waals surface area contributed by atoms with Gasteiger partial charge in [-0.25, -0.2) is 18.2 Å². The Bertz CT molecular complexity index is 1580. The fraction of sp³-hybridized carbons (Fsp3) is 0.192. The van der Waals surface area contributed by atoms with Gasteiger partial charge in [0.05, 0.1) is 27.0 Å². The van der Waals surface area contributed by atoms with Crippen LogP contribution >= 0.6 is 0 Å². The molecule has 3 aromatic carbocycles. The summed E-state index contributed by atoms with van der Waals surface area (Å²) >= 11 is 0. The molecule has 1 unspecified atom stereocenters. The smallest absolute Gasteiger partial charge is 0.338 e. The molecule has 5 rings (SSSR count). The van der Waals surface area contributed by atoms with Gasteiger partial charge in [0.2, 0.25) is 0 Å². The third kappa shape index (κ3) is 4.30. The van der Waals surface area contributed by atoms with Gasteiger partial charge in [0.15, 0.2) is 11.9 Å². The number of fused-ring (bicyclic) bond motifs is 2. The molecule has 0 aliphatic carbocycles. The number of esters is 1. The number of carbonyl (C=O) groups excluding carboxylic acids is 1. The van der Waals surface area contributed by atoms with Gasteiger partial charge in [-0.3, -0.25) is 9.10 Å². The Morgan fingerprint density at radius 3 is 2.54 bits per heavy atom. The van der Waals surface area contributed by atoms with Crippen LogP contribution in [0.25, 0.3) is 10.9 Å². The SMILES string of the molecule is CC(OC(=O)c1ccc(S(=O)(=O)N2CCCc3ccccc32)cc1)c1nc2ccccc2c(=O)[nH]1. The van der Waals surface area contributed by atoms with Crippen molar-refractivity contribution >= 4 is 32.6 Å². The highest BCUT2D eigenvalue weighted by atomic mass is 32.2. The zero-order chi connectivity index (χ0) is 24.6. The molecule has 1 aliphatic heterocycles. The fourth-order valence-electron chi connectivity index (χ4n) is 4.22. The summed E-state index contributed by atoms with van der Waals surface area (Å²) < 4.78 is 33.5. The van der Waals surface area contributed by atoms with E-state index < -0.39 is 22.1 Å². The molecule has 0 fully saturated rings. The number of aromatic nitrogens is 2. The number of anilines is 1. The average molecular weight is 490 g/mol. The molecular formula is C26H23N3O5S. The molecule has 1 N–H and O–H groups in total. The number of aryl methyl sites for hydroxylation is 1. The Balaban J connectivity index is 1.34. The molecular weight excluding hydrogens is 466 g/mol. The van der Waals surface area contributed by atoms with E-state index in [1.807, 2.05) is 24.3 Å². The second-order valence-electron chi connectivity index (χ2n) is 8.35. The summed E-state index contributed by atoms with van der Waals surface area (Å²) in [4.78, 5) is 32.1. The fourth-order valence-corrected chi connectivity index (χ4v) is 5.76. The van der Waals surface area contributed by atoms with E-state index in [2.05, 4.69) is 9.97 Å². The van der Waals surface area contributed by atoms with Crippen molar-refractivity contribution in [2.45, 2.75) is 30.8 Å². The van der Waals surface area contributed by atoms with E-state index in [1.54, 1.807) is 31.2 Å². The van der Waals surface area contributed by atoms with Crippen molar-refractivity contribution in [2.24, 2.45) is 0 Å². The molecule has 0 saturated heterocycles. The van der Waals surface area contributed by atoms with Crippen molar-refractivity contribution in [3.63, 3.8) is 0 Å². The standard InChI is InChI=1S/C26H23N3O5S/c1-17(24-27-22-10-4-3-9-21(22)25(30)28-24)34-26(31)19-12-14-20(15-13-19)35(32,33)29-16-6-8-18-7-2-5-11-23(18)29/h2-5,7,9-15,17H,6,8,16H2,1H3,(H,27,28,30). The molecule has 8 nitrogen and oxygen atoms in total. The molecule has 1 aromatic heterocycles. The number of rotatable bonds is 5. The van der Waals surface area contributed by atoms with Crippen LogP contribution in [0.3, 0.4) is 0 Å². The molecule has 0 radical (unpaired) electrons. The minimum atomic E-state index is -3.78. The van der Waals surface area contributed by atoms with Crippen LogP contribution < -0.4 is 9.86 Å². The molecule has 1 aliphatic rings. The van der Waals surface area contributed by atoms with E-state index >= 15 is 0 Å². The number of carbonyl (C=O) groups is 1. The van der Waals surface area contributed by atoms with Gasteiger partial charge in [-0.15, -0.1) is 0 Å². The number of hydrogen-bond acceptors (Lipinski definition) is 6. The number of benzene rings is 3. The van der Waals surface area contributed by atoms with Gasteiger partial charge in [-0.1, -0.05) is 30.3 Å². The predicted molar refractivity (Wildman–Crippen MR) is 132 cm³/mol. The largest absolute Gasteiger partial charge is 0.451 e. The van der Waals surface area contributed by atoms with Crippen molar-refractivity contribution in [1.82, 2.24) is 9.97 Å². The lowest BCUT2D eigenvalue weighted by Gasteiger charge is -2.30. The van der Waals surface area contributed by atoms with E-state index in [0.717, 1.165) is 18.4 Å². The normalized spacial score (nSPS) is 14.4. The van der Waals surface area contributed by atoms with E-state index in [0.29, 0.717) is 23.1 Å². The van der Waals surface area contributed by atoms with Crippen molar-refractivity contribution < 1.29 is 17.9 Å². The van der Waals surface area contributed by atoms with Gasteiger partial charge in [-0.2, -0.15) is 0 Å². The van der Waals surface area contributed by atoms with Crippen LogP contribution in [0.1, 0.15) is 41.2 Å². The van der Waals surface area contributed by atoms with Crippen molar-refractivity contribution in [1.29, 1.82) is 0 Å². The topological polar surface area (TPSA) is 109 Å². The van der Waals surface area contributed by atoms with Crippen LogP contribution in [-0.2, 0) is 21.2 Å². The van der Waals surface area contributed by atoms with E-state index in [4.69, 9.17) is 4.74 Å². The minimum absolute atomic E-state index is 0.0966. The molecule has 35 heavy (non-hydrogen) atoms. The Hall–Kier alpha value is -3.98. The first kappa shape index (κ1) is 22.8. The van der Waals surface area contributed by atoms with Crippen LogP contribution in [0.15, 0.2) is 82.5 Å². The second-order valence-corrected chi connectivity index (χ2v) is 10.2. The van der Waals surface area contributed by atoms with Crippen LogP contribution in [0.2, 0.25) is 0 Å². The van der Waals surface area contributed by atoms with Crippen LogP contribution in [0.5, 0.6) is 0 Å². The van der Waals surface area contributed by atoms with Crippen LogP contribution in [-0.4, -0.2) is 30.9 Å². The molecule has 0 saturated carbocycles. The highest BCUT2D eigenvalue weighted by Crippen LogP contribution is 2.32. The van der Waals surface area contributed by atoms with Crippen LogP contribution in [0, 0.1) is 0 Å². The number of para-hydroxylation sites is 2. The number of nitrogens with one attached hydrogen (secondary N) is 1. The zero-order valence-corrected chi connectivity index (χ0v) is 19.8. The van der Waals surface area contributed by atoms with Gasteiger partial charge >= 0.3 is 5.97 Å². The summed E-state index contributed by atoms with van der Waals surface area (Å²) in [5.41, 5.74) is 2.06. The van der Waals surface area contributed by atoms with Crippen molar-refractivity contribution in [2.75, 3.05) is 10.8 Å². The second kappa shape index (κ2) is 8.99. The van der Waals surface area contributed by atoms with Crippen molar-refractivity contribution in [3.8, 4) is 0 Å². The predicted octanol–water partition coefficient (Wildman–Crippen LogP) is 3.98. The van der Waals surface area contributed by atoms with Gasteiger partial charge in [0, 0.05) is 6.54 Å². The summed E-state index contributed by atoms with van der Waals surface area (Å²) in [5.74, 6) is -0.425. The molecule has 0 spiro atoms. The summed E-state index contributed by atoms with van der Waals surface area (Å²) in [7, 11) is -3.78. The first-order chi connectivity index (χ1) is 16.8. The first-order valence-electron chi connectivity index (χ1n) is 11.3. The lowest BCUT2D eigenvalue weighted by molar-refractivity contribution is 0.0320. The van der Waals surface area contributed by atoms with E-state index in [-0.39, 0.29) is 21.8 Å². The third-order valence-corrected chi connectivity index (χ3v) is 7.87. The van der Waals surface area contributed by atoms with Crippen molar-refractivity contribution in [3.05, 3.63) is 100 Å². The molecule has 1 atom stereocenters. The first-order valence-corrected chi connectivity index (χ1v) is 12.7. The zero-order valence-electron chi connectivity index (χ0n) is 19.0. The molecule has 0 amide bonds. The molecule has 178 valence electrons. The van der Waals surface area contributed by atoms with E-state index in [1.165, 1.54) is 28.6 Å². The quantitative estimate of drug-likeness (QED) is 0.425. The molecule has 2 heterocycles. The number of sulfonamides is 1. The number of H-pyrrole nitrogens is 1. The molecule has 9 heteroatoms. The summed E-state index contributed by atoms with van der Waals surface area (Å²) in [6.07, 6.45) is 0.763. The maximum Gasteiger partial charge on any atom is 0.338 e. The summed E-state index contributed by atoms with van der Waals surface area (Å²) in [6, 6.07) is 20.0. The average Bonchev–Trinajstić information content (AvgIpc) is 2.88. The summed E-state index contributed by atoms with van der Waals surface area (Å²) in [6.45, 7) is 2.01. The lowest BCUT2D eigenvalue weighted by atomic mass is 10.0. The Kier molecular flexibility index (Phi) is 5.86. The van der Waals surface area contributed by atoms with Gasteiger partial charge in [-0.05, 0) is 67.8 Å². The van der Waals surface area contributed by atoms with E-state index in [9.17, 15) is 18.0 Å². The lowest BCUT2D eigenvalue weighted by Crippen LogP contribution is -2.35. The number of aromatic amines is 1. The summed E-state index contributed by atoms with van der Waals surface area (Å²) in [5, 5.41) is 0.447. The van der Waals surface area contributed by atoms with Crippen LogP contribution in [0.4, 0.5) is 5.69 Å². The monoisotopic (exact) mass is 489 g/mol. The van der Waals surface area contributed by atoms with Gasteiger partial charge in [0.25, 0.3) is 15.6 Å². The number of ether oxygens (including phenoxy) is 1. The van der Waals surface area contributed by atoms with Gasteiger partial charge < -0.3 is 9.72 Å². The third-order valence-electron chi connectivity index (χ3n) is 6.05. The Morgan fingerprint density at radius 2 is 1.74 bits per heavy atom. The maximum atomic E-state index is 13.3. The highest BCUT2D eigenvalue weighted by Gasteiger charge is 2.29. The molecule has 0 bridgehead atoms. The Morgan fingerprint density at radius 1 is 1.03 bits per heavy atom. The number of hydrogen-bond donors (Lipinski definition) is 1. The minimum Gasteiger partial charge on any atom is -0.451 e.